The highest BCUT2D eigenvalue weighted by Crippen LogP contribution is 2.37. The molecule has 0 atom stereocenters. The Morgan fingerprint density at radius 2 is 2.12 bits per heavy atom. The molecule has 0 N–H and O–H groups in total. The van der Waals surface area contributed by atoms with Gasteiger partial charge < -0.3 is 9.64 Å². The lowest BCUT2D eigenvalue weighted by Gasteiger charge is -2.31. The molecule has 24 heavy (non-hydrogen) atoms. The van der Waals surface area contributed by atoms with Gasteiger partial charge in [0.15, 0.2) is 0 Å². The lowest BCUT2D eigenvalue weighted by molar-refractivity contribution is -0.384. The topological polar surface area (TPSA) is 72.7 Å². The number of ether oxygens (including phenoxy) is 1. The Labute approximate surface area is 143 Å². The number of rotatable bonds is 3. The van der Waals surface area contributed by atoms with E-state index in [9.17, 15) is 14.9 Å². The van der Waals surface area contributed by atoms with Gasteiger partial charge in [0.1, 0.15) is 5.75 Å². The molecule has 124 valence electrons. The van der Waals surface area contributed by atoms with Gasteiger partial charge in [0.05, 0.1) is 28.3 Å². The third kappa shape index (κ3) is 2.80. The lowest BCUT2D eigenvalue weighted by atomic mass is 10.00. The number of nitro groups is 1. The smallest absolute Gasteiger partial charge is 0.270 e. The number of hydrogen-bond donors (Lipinski definition) is 0. The molecule has 2 aromatic carbocycles. The molecule has 1 aliphatic rings. The molecule has 0 aliphatic carbocycles. The van der Waals surface area contributed by atoms with E-state index in [0.717, 1.165) is 24.1 Å². The van der Waals surface area contributed by atoms with Gasteiger partial charge in [-0.05, 0) is 30.5 Å². The number of fused-ring (bicyclic) bond motifs is 1. The Bertz CT molecular complexity index is 808. The van der Waals surface area contributed by atoms with Crippen LogP contribution in [-0.4, -0.2) is 24.5 Å². The number of nitro benzene ring substituents is 1. The lowest BCUT2D eigenvalue weighted by Crippen LogP contribution is -2.36. The third-order valence-corrected chi connectivity index (χ3v) is 4.35. The van der Waals surface area contributed by atoms with Crippen LogP contribution >= 0.6 is 11.6 Å². The molecular formula is C17H15ClN2O4. The summed E-state index contributed by atoms with van der Waals surface area (Å²) in [6.45, 7) is 0.541. The van der Waals surface area contributed by atoms with Crippen LogP contribution in [0.2, 0.25) is 5.02 Å². The summed E-state index contributed by atoms with van der Waals surface area (Å²) in [4.78, 5) is 24.9. The first-order chi connectivity index (χ1) is 11.5. The fraction of sp³-hybridized carbons (Fsp3) is 0.235. The number of non-ortho nitro benzene ring substituents is 1. The molecule has 0 aromatic heterocycles. The monoisotopic (exact) mass is 346 g/mol. The summed E-state index contributed by atoms with van der Waals surface area (Å²) in [6, 6.07) is 9.54. The van der Waals surface area contributed by atoms with Gasteiger partial charge in [-0.3, -0.25) is 14.9 Å². The molecule has 2 aromatic rings. The van der Waals surface area contributed by atoms with Crippen molar-refractivity contribution in [3.8, 4) is 5.75 Å². The van der Waals surface area contributed by atoms with Gasteiger partial charge in [-0.25, -0.2) is 0 Å². The van der Waals surface area contributed by atoms with Crippen LogP contribution in [0, 0.1) is 10.1 Å². The molecule has 0 spiro atoms. The maximum atomic E-state index is 12.9. The number of amides is 1. The summed E-state index contributed by atoms with van der Waals surface area (Å²) in [6.07, 6.45) is 1.70. The Morgan fingerprint density at radius 3 is 2.79 bits per heavy atom. The van der Waals surface area contributed by atoms with Crippen molar-refractivity contribution in [2.24, 2.45) is 0 Å². The van der Waals surface area contributed by atoms with Crippen molar-refractivity contribution in [1.82, 2.24) is 0 Å². The zero-order chi connectivity index (χ0) is 17.3. The second kappa shape index (κ2) is 6.49. The summed E-state index contributed by atoms with van der Waals surface area (Å²) < 4.78 is 5.39. The largest absolute Gasteiger partial charge is 0.495 e. The van der Waals surface area contributed by atoms with Crippen LogP contribution in [0.4, 0.5) is 11.4 Å². The van der Waals surface area contributed by atoms with Crippen LogP contribution in [0.1, 0.15) is 22.3 Å². The van der Waals surface area contributed by atoms with Gasteiger partial charge in [0.2, 0.25) is 0 Å². The molecule has 0 bridgehead atoms. The van der Waals surface area contributed by atoms with Crippen molar-refractivity contribution >= 4 is 28.9 Å². The van der Waals surface area contributed by atoms with E-state index in [2.05, 4.69) is 0 Å². The van der Waals surface area contributed by atoms with E-state index >= 15 is 0 Å². The molecule has 6 nitrogen and oxygen atoms in total. The van der Waals surface area contributed by atoms with Gasteiger partial charge in [-0.1, -0.05) is 23.7 Å². The number of carbonyl (C=O) groups excluding carboxylic acids is 1. The quantitative estimate of drug-likeness (QED) is 0.625. The van der Waals surface area contributed by atoms with Crippen LogP contribution in [0.5, 0.6) is 5.75 Å². The van der Waals surface area contributed by atoms with Gasteiger partial charge in [0.25, 0.3) is 11.6 Å². The first-order valence-electron chi connectivity index (χ1n) is 7.44. The number of halogens is 1. The van der Waals surface area contributed by atoms with Gasteiger partial charge in [-0.2, -0.15) is 0 Å². The fourth-order valence-corrected chi connectivity index (χ4v) is 3.18. The second-order valence-corrected chi connectivity index (χ2v) is 5.86. The highest BCUT2D eigenvalue weighted by atomic mass is 35.5. The minimum atomic E-state index is -0.542. The summed E-state index contributed by atoms with van der Waals surface area (Å²) >= 11 is 6.11. The molecule has 0 saturated heterocycles. The average Bonchev–Trinajstić information content (AvgIpc) is 2.59. The van der Waals surface area contributed by atoms with E-state index in [-0.39, 0.29) is 22.2 Å². The fourth-order valence-electron chi connectivity index (χ4n) is 2.92. The predicted molar refractivity (Wildman–Crippen MR) is 91.1 cm³/mol. The molecule has 0 fully saturated rings. The number of nitrogens with zero attached hydrogens (tertiary/aromatic N) is 2. The van der Waals surface area contributed by atoms with Crippen molar-refractivity contribution in [2.45, 2.75) is 12.8 Å². The number of benzene rings is 2. The van der Waals surface area contributed by atoms with Crippen LogP contribution in [0.25, 0.3) is 0 Å². The van der Waals surface area contributed by atoms with Crippen molar-refractivity contribution in [1.29, 1.82) is 0 Å². The van der Waals surface area contributed by atoms with Crippen LogP contribution in [-0.2, 0) is 6.42 Å². The molecule has 0 unspecified atom stereocenters. The van der Waals surface area contributed by atoms with Crippen LogP contribution in [0.3, 0.4) is 0 Å². The van der Waals surface area contributed by atoms with Gasteiger partial charge in [0, 0.05) is 18.7 Å². The number of carbonyl (C=O) groups is 1. The Kier molecular flexibility index (Phi) is 4.40. The number of para-hydroxylation sites is 1. The summed E-state index contributed by atoms with van der Waals surface area (Å²) in [5.74, 6) is 0.332. The van der Waals surface area contributed by atoms with Gasteiger partial charge >= 0.3 is 0 Å². The summed E-state index contributed by atoms with van der Waals surface area (Å²) in [7, 11) is 1.56. The molecule has 3 rings (SSSR count). The normalized spacial score (nSPS) is 13.3. The Balaban J connectivity index is 2.03. The molecule has 1 heterocycles. The minimum absolute atomic E-state index is 0.0659. The molecule has 0 saturated carbocycles. The molecule has 0 radical (unpaired) electrons. The zero-order valence-corrected chi connectivity index (χ0v) is 13.7. The molecule has 1 amide bonds. The van der Waals surface area contributed by atoms with Crippen molar-refractivity contribution in [3.63, 3.8) is 0 Å². The minimum Gasteiger partial charge on any atom is -0.495 e. The summed E-state index contributed by atoms with van der Waals surface area (Å²) in [5.41, 5.74) is 1.87. The van der Waals surface area contributed by atoms with Crippen molar-refractivity contribution in [2.75, 3.05) is 18.6 Å². The van der Waals surface area contributed by atoms with Crippen LogP contribution in [0.15, 0.2) is 36.4 Å². The number of anilines is 1. The Hall–Kier alpha value is -2.60. The van der Waals surface area contributed by atoms with E-state index in [1.165, 1.54) is 18.2 Å². The van der Waals surface area contributed by atoms with E-state index in [0.29, 0.717) is 12.3 Å². The standard InChI is InChI=1S/C17H15ClN2O4/c1-24-15-6-2-4-11-5-3-9-19(16(11)15)17(21)13-8-7-12(20(22)23)10-14(13)18/h2,4,6-8,10H,3,5,9H2,1H3. The van der Waals surface area contributed by atoms with Crippen LogP contribution < -0.4 is 9.64 Å². The maximum Gasteiger partial charge on any atom is 0.270 e. The second-order valence-electron chi connectivity index (χ2n) is 5.45. The number of methoxy groups -OCH3 is 1. The molecule has 1 aliphatic heterocycles. The van der Waals surface area contributed by atoms with E-state index in [1.807, 2.05) is 18.2 Å². The first kappa shape index (κ1) is 16.3. The predicted octanol–water partition coefficient (Wildman–Crippen LogP) is 3.85. The average molecular weight is 347 g/mol. The van der Waals surface area contributed by atoms with Crippen molar-refractivity contribution < 1.29 is 14.5 Å². The first-order valence-corrected chi connectivity index (χ1v) is 7.82. The van der Waals surface area contributed by atoms with E-state index in [1.54, 1.807) is 12.0 Å². The van der Waals surface area contributed by atoms with E-state index in [4.69, 9.17) is 16.3 Å². The highest BCUT2D eigenvalue weighted by molar-refractivity contribution is 6.34. The SMILES string of the molecule is COc1cccc2c1N(C(=O)c1ccc([N+](=O)[O-])cc1Cl)CCC2. The van der Waals surface area contributed by atoms with Gasteiger partial charge in [-0.15, -0.1) is 0 Å². The molecular weight excluding hydrogens is 332 g/mol. The maximum absolute atomic E-state index is 12.9. The highest BCUT2D eigenvalue weighted by Gasteiger charge is 2.28. The summed E-state index contributed by atoms with van der Waals surface area (Å²) in [5, 5.41) is 10.9. The number of hydrogen-bond acceptors (Lipinski definition) is 4. The van der Waals surface area contributed by atoms with Crippen molar-refractivity contribution in [3.05, 3.63) is 62.7 Å². The number of aryl methyl sites for hydroxylation is 1. The molecule has 7 heteroatoms. The van der Waals surface area contributed by atoms with E-state index < -0.39 is 4.92 Å². The third-order valence-electron chi connectivity index (χ3n) is 4.04. The Morgan fingerprint density at radius 1 is 1.33 bits per heavy atom. The zero-order valence-electron chi connectivity index (χ0n) is 13.0.